The van der Waals surface area contributed by atoms with Gasteiger partial charge >= 0.3 is 37.7 Å². The smallest absolute Gasteiger partial charge is 1.00 e. The molecule has 0 fully saturated rings. The molecule has 0 bridgehead atoms. The Morgan fingerprint density at radius 1 is 0.714 bits per heavy atom. The molecule has 0 unspecified atom stereocenters. The van der Waals surface area contributed by atoms with E-state index in [1.54, 1.807) is 0 Å². The molecule has 0 spiro atoms. The Hall–Kier alpha value is -0.105. The van der Waals surface area contributed by atoms with Crippen LogP contribution in [-0.4, -0.2) is 0 Å². The summed E-state index contributed by atoms with van der Waals surface area (Å²) in [6.45, 7) is 11.2. The van der Waals surface area contributed by atoms with E-state index in [9.17, 15) is 0 Å². The van der Waals surface area contributed by atoms with Crippen LogP contribution in [0, 0.1) is 0 Å². The fourth-order valence-corrected chi connectivity index (χ4v) is 0.385. The Balaban J connectivity index is -0.0000000403. The van der Waals surface area contributed by atoms with E-state index < -0.39 is 0 Å². The predicted octanol–water partition coefficient (Wildman–Crippen LogP) is -1.94. The molecule has 0 saturated carbocycles. The average Bonchev–Trinajstić information content (AvgIpc) is 2.08. The van der Waals surface area contributed by atoms with Gasteiger partial charge in [-0.2, -0.15) is 0 Å². The van der Waals surface area contributed by atoms with Gasteiger partial charge in [-0.15, -0.1) is 0 Å². The van der Waals surface area contributed by atoms with Gasteiger partial charge in [0.1, 0.15) is 0 Å². The molecule has 1 rings (SSSR count). The quantitative estimate of drug-likeness (QED) is 0.345. The number of benzene rings is 1. The van der Waals surface area contributed by atoms with Crippen molar-refractivity contribution in [2.24, 2.45) is 0 Å². The Morgan fingerprint density at radius 2 is 0.857 bits per heavy atom. The van der Waals surface area contributed by atoms with Gasteiger partial charge in [0, 0.05) is 0 Å². The summed E-state index contributed by atoms with van der Waals surface area (Å²) in [4.78, 5) is 0. The van der Waals surface area contributed by atoms with E-state index in [0.717, 1.165) is 11.1 Å². The summed E-state index contributed by atoms with van der Waals surface area (Å²) in [7, 11) is 0. The molecule has 0 amide bonds. The van der Waals surface area contributed by atoms with Crippen LogP contribution in [0.3, 0.4) is 0 Å². The zero-order valence-corrected chi connectivity index (χ0v) is 9.88. The maximum Gasteiger partial charge on any atom is 1.00 e. The van der Waals surface area contributed by atoms with Crippen LogP contribution in [0.2, 0.25) is 0 Å². The molecule has 0 radical (unpaired) electrons. The summed E-state index contributed by atoms with van der Waals surface area (Å²) in [6.07, 6.45) is 0. The second-order valence-corrected chi connectivity index (χ2v) is 2.72. The molecule has 0 aliphatic heterocycles. The van der Waals surface area contributed by atoms with E-state index >= 15 is 0 Å². The van der Waals surface area contributed by atoms with Crippen molar-refractivity contribution in [2.45, 2.75) is 13.8 Å². The topological polar surface area (TPSA) is 0 Å². The Morgan fingerprint density at radius 3 is 0.929 bits per heavy atom. The van der Waals surface area contributed by atoms with Gasteiger partial charge in [0.2, 0.25) is 0 Å². The maximum absolute atomic E-state index is 3.66. The standard InChI is InChI=1S/C6H6.C6H10.2Li.2H/c1-2-4-6-5-3-1;1-5(2)6(3)4;;;;/h1-6H;1,3H2,2,4H3;;;;/q;;2*+1;2*-1. The maximum atomic E-state index is 3.66. The monoisotopic (exact) mass is 176 g/mol. The largest absolute Gasteiger partial charge is 1.00 e. The van der Waals surface area contributed by atoms with Gasteiger partial charge in [0.05, 0.1) is 0 Å². The van der Waals surface area contributed by atoms with Crippen molar-refractivity contribution in [1.29, 1.82) is 0 Å². The van der Waals surface area contributed by atoms with Crippen molar-refractivity contribution in [3.63, 3.8) is 0 Å². The van der Waals surface area contributed by atoms with E-state index in [0.29, 0.717) is 0 Å². The Labute approximate surface area is 115 Å². The molecule has 68 valence electrons. The van der Waals surface area contributed by atoms with Crippen molar-refractivity contribution in [1.82, 2.24) is 0 Å². The third-order valence-corrected chi connectivity index (χ3v) is 1.40. The van der Waals surface area contributed by atoms with Gasteiger partial charge < -0.3 is 2.85 Å². The second kappa shape index (κ2) is 12.9. The fourth-order valence-electron chi connectivity index (χ4n) is 0.385. The summed E-state index contributed by atoms with van der Waals surface area (Å²) in [6, 6.07) is 12.0. The van der Waals surface area contributed by atoms with Gasteiger partial charge in [0.25, 0.3) is 0 Å². The van der Waals surface area contributed by atoms with Gasteiger partial charge in [0.15, 0.2) is 0 Å². The number of allylic oxidation sites excluding steroid dienone is 2. The van der Waals surface area contributed by atoms with Gasteiger partial charge in [-0.1, -0.05) is 60.7 Å². The van der Waals surface area contributed by atoms with Gasteiger partial charge in [-0.25, -0.2) is 0 Å². The SMILES string of the molecule is C=C(C)C(=C)C.[H-].[H-].[Li+].[Li+].c1ccccc1. The summed E-state index contributed by atoms with van der Waals surface area (Å²) in [5.41, 5.74) is 2.13. The molecule has 14 heavy (non-hydrogen) atoms. The van der Waals surface area contributed by atoms with Crippen molar-refractivity contribution < 1.29 is 40.6 Å². The summed E-state index contributed by atoms with van der Waals surface area (Å²) < 4.78 is 0. The Bertz CT molecular complexity index is 210. The fraction of sp³-hybridized carbons (Fsp3) is 0.167. The predicted molar refractivity (Wildman–Crippen MR) is 58.3 cm³/mol. The van der Waals surface area contributed by atoms with Gasteiger partial charge in [-0.05, 0) is 13.8 Å². The zero-order chi connectivity index (χ0) is 9.40. The van der Waals surface area contributed by atoms with E-state index in [2.05, 4.69) is 13.2 Å². The number of hydrogen-bond donors (Lipinski definition) is 0. The third kappa shape index (κ3) is 14.4. The first-order valence-corrected chi connectivity index (χ1v) is 3.96. The van der Waals surface area contributed by atoms with Crippen molar-refractivity contribution >= 4 is 0 Å². The average molecular weight is 176 g/mol. The molecule has 0 saturated heterocycles. The molecule has 0 heterocycles. The molecular formula is C12H18Li2. The second-order valence-electron chi connectivity index (χ2n) is 2.72. The Kier molecular flexibility index (Phi) is 17.9. The third-order valence-electron chi connectivity index (χ3n) is 1.40. The molecule has 0 aliphatic carbocycles. The summed E-state index contributed by atoms with van der Waals surface area (Å²) in [5, 5.41) is 0. The van der Waals surface area contributed by atoms with Crippen LogP contribution in [0.1, 0.15) is 16.7 Å². The van der Waals surface area contributed by atoms with Crippen LogP contribution >= 0.6 is 0 Å². The molecular weight excluding hydrogens is 158 g/mol. The molecule has 0 atom stereocenters. The van der Waals surface area contributed by atoms with Crippen LogP contribution in [0.15, 0.2) is 60.7 Å². The van der Waals surface area contributed by atoms with Crippen LogP contribution in [-0.2, 0) is 0 Å². The molecule has 0 nitrogen and oxygen atoms in total. The first kappa shape index (κ1) is 19.5. The van der Waals surface area contributed by atoms with Crippen molar-refractivity contribution in [3.05, 3.63) is 60.7 Å². The van der Waals surface area contributed by atoms with Crippen LogP contribution in [0.4, 0.5) is 0 Å². The van der Waals surface area contributed by atoms with Crippen molar-refractivity contribution in [2.75, 3.05) is 0 Å². The number of rotatable bonds is 1. The minimum absolute atomic E-state index is 0. The normalized spacial score (nSPS) is 6.71. The van der Waals surface area contributed by atoms with Gasteiger partial charge in [-0.3, -0.25) is 0 Å². The van der Waals surface area contributed by atoms with Crippen LogP contribution in [0.25, 0.3) is 0 Å². The molecule has 0 aliphatic rings. The first-order valence-electron chi connectivity index (χ1n) is 3.96. The molecule has 2 heteroatoms. The zero-order valence-electron chi connectivity index (χ0n) is 11.9. The molecule has 1 aromatic carbocycles. The van der Waals surface area contributed by atoms with Crippen LogP contribution in [0.5, 0.6) is 0 Å². The summed E-state index contributed by atoms with van der Waals surface area (Å²) in [5.74, 6) is 0. The first-order chi connectivity index (χ1) is 5.64. The summed E-state index contributed by atoms with van der Waals surface area (Å²) >= 11 is 0. The minimum atomic E-state index is 0. The van der Waals surface area contributed by atoms with Crippen LogP contribution < -0.4 is 37.7 Å². The van der Waals surface area contributed by atoms with E-state index in [-0.39, 0.29) is 40.6 Å². The van der Waals surface area contributed by atoms with Crippen molar-refractivity contribution in [3.8, 4) is 0 Å². The number of hydrogen-bond acceptors (Lipinski definition) is 0. The molecule has 0 N–H and O–H groups in total. The molecule has 0 aromatic heterocycles. The molecule has 1 aromatic rings. The van der Waals surface area contributed by atoms with E-state index in [4.69, 9.17) is 0 Å². The van der Waals surface area contributed by atoms with E-state index in [1.165, 1.54) is 0 Å². The minimum Gasteiger partial charge on any atom is -1.00 e. The van der Waals surface area contributed by atoms with E-state index in [1.807, 2.05) is 50.2 Å².